The number of rotatable bonds is 4. The Morgan fingerprint density at radius 2 is 2.29 bits per heavy atom. The first-order chi connectivity index (χ1) is 8.04. The van der Waals surface area contributed by atoms with Crippen molar-refractivity contribution >= 4 is 33.3 Å². The molecule has 0 aromatic heterocycles. The maximum absolute atomic E-state index is 12.8. The van der Waals surface area contributed by atoms with Gasteiger partial charge in [0.2, 0.25) is 0 Å². The molecule has 6 heteroatoms. The molecule has 0 unspecified atom stereocenters. The minimum absolute atomic E-state index is 0.197. The molecule has 1 N–H and O–H groups in total. The van der Waals surface area contributed by atoms with Crippen LogP contribution in [0.5, 0.6) is 0 Å². The maximum atomic E-state index is 12.8. The van der Waals surface area contributed by atoms with Crippen molar-refractivity contribution in [1.29, 1.82) is 0 Å². The van der Waals surface area contributed by atoms with Gasteiger partial charge >= 0.3 is 5.97 Å². The van der Waals surface area contributed by atoms with Gasteiger partial charge in [0.15, 0.2) is 0 Å². The first-order valence-electron chi connectivity index (χ1n) is 4.97. The van der Waals surface area contributed by atoms with Crippen LogP contribution in [0.1, 0.15) is 13.8 Å². The Morgan fingerprint density at radius 3 is 2.88 bits per heavy atom. The van der Waals surface area contributed by atoms with Gasteiger partial charge in [0.05, 0.1) is 12.3 Å². The summed E-state index contributed by atoms with van der Waals surface area (Å²) in [5, 5.41) is 3.84. The van der Waals surface area contributed by atoms with Crippen molar-refractivity contribution in [3.63, 3.8) is 0 Å². The molecule has 0 aliphatic carbocycles. The number of carbonyl (C=O) groups is 1. The van der Waals surface area contributed by atoms with Crippen molar-refractivity contribution in [2.75, 3.05) is 12.0 Å². The lowest BCUT2D eigenvalue weighted by molar-refractivity contribution is -0.135. The van der Waals surface area contributed by atoms with E-state index < -0.39 is 5.97 Å². The Morgan fingerprint density at radius 1 is 1.59 bits per heavy atom. The third kappa shape index (κ3) is 4.14. The zero-order valence-electron chi connectivity index (χ0n) is 9.46. The Bertz CT molecular complexity index is 449. The lowest BCUT2D eigenvalue weighted by Crippen LogP contribution is -2.15. The van der Waals surface area contributed by atoms with Crippen molar-refractivity contribution in [3.8, 4) is 0 Å². The molecule has 0 aliphatic heterocycles. The highest BCUT2D eigenvalue weighted by atomic mass is 79.9. The van der Waals surface area contributed by atoms with E-state index in [2.05, 4.69) is 26.5 Å². The smallest absolute Gasteiger partial charge is 0.354 e. The van der Waals surface area contributed by atoms with Crippen LogP contribution in [0, 0.1) is 5.82 Å². The average Bonchev–Trinajstić information content (AvgIpc) is 2.27. The lowest BCUT2D eigenvalue weighted by atomic mass is 10.3. The van der Waals surface area contributed by atoms with E-state index in [1.807, 2.05) is 0 Å². The second kappa shape index (κ2) is 6.34. The number of hydrazone groups is 1. The van der Waals surface area contributed by atoms with Gasteiger partial charge in [-0.25, -0.2) is 9.18 Å². The van der Waals surface area contributed by atoms with Crippen LogP contribution in [0.25, 0.3) is 0 Å². The van der Waals surface area contributed by atoms with Crippen LogP contribution >= 0.6 is 15.9 Å². The number of ether oxygens (including phenoxy) is 1. The normalized spacial score (nSPS) is 11.2. The van der Waals surface area contributed by atoms with Crippen LogP contribution in [0.4, 0.5) is 10.1 Å². The Kier molecular flexibility index (Phi) is 5.09. The highest BCUT2D eigenvalue weighted by Crippen LogP contribution is 2.22. The maximum Gasteiger partial charge on any atom is 0.354 e. The lowest BCUT2D eigenvalue weighted by Gasteiger charge is -2.05. The standard InChI is InChI=1S/C11H12BrFN2O2/c1-3-17-11(16)7(2)14-15-10-5-4-8(13)6-9(10)12/h4-6,15H,3H2,1-2H3/b14-7-. The van der Waals surface area contributed by atoms with Gasteiger partial charge < -0.3 is 4.74 Å². The summed E-state index contributed by atoms with van der Waals surface area (Å²) in [6.07, 6.45) is 0. The first kappa shape index (κ1) is 13.6. The molecule has 17 heavy (non-hydrogen) atoms. The second-order valence-electron chi connectivity index (χ2n) is 3.15. The van der Waals surface area contributed by atoms with E-state index in [1.54, 1.807) is 6.92 Å². The van der Waals surface area contributed by atoms with Gasteiger partial charge in [0.25, 0.3) is 0 Å². The van der Waals surface area contributed by atoms with E-state index in [4.69, 9.17) is 4.74 Å². The van der Waals surface area contributed by atoms with Crippen LogP contribution in [0.2, 0.25) is 0 Å². The fraction of sp³-hybridized carbons (Fsp3) is 0.273. The molecular formula is C11H12BrFN2O2. The number of anilines is 1. The number of halogens is 2. The highest BCUT2D eigenvalue weighted by Gasteiger charge is 2.06. The highest BCUT2D eigenvalue weighted by molar-refractivity contribution is 9.10. The van der Waals surface area contributed by atoms with Crippen LogP contribution in [0.15, 0.2) is 27.8 Å². The number of nitrogens with one attached hydrogen (secondary N) is 1. The van der Waals surface area contributed by atoms with Gasteiger partial charge in [-0.3, -0.25) is 5.43 Å². The largest absolute Gasteiger partial charge is 0.461 e. The van der Waals surface area contributed by atoms with E-state index in [-0.39, 0.29) is 11.5 Å². The summed E-state index contributed by atoms with van der Waals surface area (Å²) in [6, 6.07) is 4.11. The molecule has 0 fully saturated rings. The summed E-state index contributed by atoms with van der Waals surface area (Å²) in [5.74, 6) is -0.841. The molecule has 0 bridgehead atoms. The molecule has 0 saturated heterocycles. The van der Waals surface area contributed by atoms with Crippen LogP contribution in [-0.2, 0) is 9.53 Å². The van der Waals surface area contributed by atoms with Gasteiger partial charge in [-0.1, -0.05) is 0 Å². The minimum atomic E-state index is -0.488. The predicted molar refractivity (Wildman–Crippen MR) is 67.5 cm³/mol. The van der Waals surface area contributed by atoms with Gasteiger partial charge in [-0.15, -0.1) is 0 Å². The molecule has 1 rings (SSSR count). The molecule has 92 valence electrons. The number of carbonyl (C=O) groups excluding carboxylic acids is 1. The summed E-state index contributed by atoms with van der Waals surface area (Å²) in [6.45, 7) is 3.55. The van der Waals surface area contributed by atoms with Gasteiger partial charge in [-0.2, -0.15) is 5.10 Å². The third-order valence-electron chi connectivity index (χ3n) is 1.85. The van der Waals surface area contributed by atoms with E-state index in [9.17, 15) is 9.18 Å². The molecule has 0 saturated carbocycles. The van der Waals surface area contributed by atoms with Crippen molar-refractivity contribution in [1.82, 2.24) is 0 Å². The van der Waals surface area contributed by atoms with Crippen molar-refractivity contribution in [3.05, 3.63) is 28.5 Å². The summed E-state index contributed by atoms with van der Waals surface area (Å²) < 4.78 is 18.1. The van der Waals surface area contributed by atoms with Gasteiger partial charge in [0.1, 0.15) is 11.5 Å². The molecule has 4 nitrogen and oxygen atoms in total. The third-order valence-corrected chi connectivity index (χ3v) is 2.50. The fourth-order valence-corrected chi connectivity index (χ4v) is 1.44. The van der Waals surface area contributed by atoms with E-state index in [0.717, 1.165) is 0 Å². The zero-order valence-corrected chi connectivity index (χ0v) is 11.0. The van der Waals surface area contributed by atoms with E-state index >= 15 is 0 Å². The quantitative estimate of drug-likeness (QED) is 0.528. The molecule has 0 heterocycles. The second-order valence-corrected chi connectivity index (χ2v) is 4.01. The van der Waals surface area contributed by atoms with E-state index in [1.165, 1.54) is 25.1 Å². The summed E-state index contributed by atoms with van der Waals surface area (Å²) >= 11 is 3.18. The monoisotopic (exact) mass is 302 g/mol. The van der Waals surface area contributed by atoms with Gasteiger partial charge in [-0.05, 0) is 48.0 Å². The number of nitrogens with zero attached hydrogens (tertiary/aromatic N) is 1. The minimum Gasteiger partial charge on any atom is -0.461 e. The van der Waals surface area contributed by atoms with Crippen LogP contribution in [-0.4, -0.2) is 18.3 Å². The molecular weight excluding hydrogens is 291 g/mol. The topological polar surface area (TPSA) is 50.7 Å². The molecule has 0 radical (unpaired) electrons. The van der Waals surface area contributed by atoms with E-state index in [0.29, 0.717) is 16.8 Å². The molecule has 0 aliphatic rings. The summed E-state index contributed by atoms with van der Waals surface area (Å²) in [4.78, 5) is 11.2. The summed E-state index contributed by atoms with van der Waals surface area (Å²) in [5.41, 5.74) is 3.41. The number of hydrogen-bond acceptors (Lipinski definition) is 4. The molecule has 0 atom stereocenters. The van der Waals surface area contributed by atoms with Gasteiger partial charge in [0, 0.05) is 4.47 Å². The molecule has 1 aromatic carbocycles. The van der Waals surface area contributed by atoms with Crippen LogP contribution in [0.3, 0.4) is 0 Å². The Hall–Kier alpha value is -1.43. The first-order valence-corrected chi connectivity index (χ1v) is 5.76. The van der Waals surface area contributed by atoms with Crippen molar-refractivity contribution in [2.24, 2.45) is 5.10 Å². The van der Waals surface area contributed by atoms with Crippen molar-refractivity contribution in [2.45, 2.75) is 13.8 Å². The molecule has 1 aromatic rings. The molecule has 0 amide bonds. The fourth-order valence-electron chi connectivity index (χ4n) is 1.01. The Balaban J connectivity index is 2.72. The number of hydrogen-bond donors (Lipinski definition) is 1. The Labute approximate surface area is 107 Å². The van der Waals surface area contributed by atoms with Crippen molar-refractivity contribution < 1.29 is 13.9 Å². The predicted octanol–water partition coefficient (Wildman–Crippen LogP) is 2.94. The van der Waals surface area contributed by atoms with Crippen LogP contribution < -0.4 is 5.43 Å². The zero-order chi connectivity index (χ0) is 12.8. The number of esters is 1. The average molecular weight is 303 g/mol. The number of benzene rings is 1. The molecule has 0 spiro atoms. The SMILES string of the molecule is CCOC(=O)/C(C)=N\Nc1ccc(F)cc1Br. The summed E-state index contributed by atoms with van der Waals surface area (Å²) in [7, 11) is 0.